The van der Waals surface area contributed by atoms with Crippen molar-refractivity contribution >= 4 is 16.7 Å². The number of aliphatic hydroxyl groups excluding tert-OH is 1. The molecule has 1 saturated heterocycles. The van der Waals surface area contributed by atoms with Crippen molar-refractivity contribution in [3.05, 3.63) is 42.5 Å². The maximum atomic E-state index is 11.2. The average molecular weight is 330 g/mol. The number of carbonyl (C=O) groups is 1. The van der Waals surface area contributed by atoms with Gasteiger partial charge in [0.1, 0.15) is 24.6 Å². The Morgan fingerprint density at radius 1 is 1.33 bits per heavy atom. The highest BCUT2D eigenvalue weighted by Crippen LogP contribution is 2.25. The van der Waals surface area contributed by atoms with E-state index in [-0.39, 0.29) is 6.61 Å². The summed E-state index contributed by atoms with van der Waals surface area (Å²) in [6.45, 7) is 2.10. The molecule has 0 saturated carbocycles. The number of ether oxygens (including phenoxy) is 2. The number of carbonyl (C=O) groups excluding carboxylic acids is 1. The summed E-state index contributed by atoms with van der Waals surface area (Å²) in [5, 5.41) is 12.4. The minimum Gasteiger partial charge on any atom is -0.490 e. The van der Waals surface area contributed by atoms with Crippen LogP contribution in [0.5, 0.6) is 5.75 Å². The van der Waals surface area contributed by atoms with Gasteiger partial charge in [-0.3, -0.25) is 9.69 Å². The zero-order chi connectivity index (χ0) is 16.9. The molecule has 0 aliphatic carbocycles. The third kappa shape index (κ3) is 4.03. The summed E-state index contributed by atoms with van der Waals surface area (Å²) >= 11 is 0. The lowest BCUT2D eigenvalue weighted by Crippen LogP contribution is -2.50. The molecule has 3 rings (SSSR count). The lowest BCUT2D eigenvalue weighted by Gasteiger charge is -2.32. The second-order valence-corrected chi connectivity index (χ2v) is 5.96. The first-order valence-electron chi connectivity index (χ1n) is 8.05. The quantitative estimate of drug-likeness (QED) is 0.817. The van der Waals surface area contributed by atoms with E-state index in [4.69, 9.17) is 15.2 Å². The molecule has 1 amide bonds. The van der Waals surface area contributed by atoms with E-state index in [2.05, 4.69) is 0 Å². The molecule has 0 unspecified atom stereocenters. The molecule has 0 aromatic heterocycles. The molecule has 1 aliphatic heterocycles. The summed E-state index contributed by atoms with van der Waals surface area (Å²) in [5.74, 6) is 0.283. The number of aliphatic hydroxyl groups is 1. The molecule has 0 bridgehead atoms. The molecule has 128 valence electrons. The molecule has 2 aromatic rings. The first-order valence-corrected chi connectivity index (χ1v) is 8.05. The molecule has 2 aromatic carbocycles. The third-order valence-corrected chi connectivity index (χ3v) is 4.12. The normalized spacial score (nSPS) is 20.0. The van der Waals surface area contributed by atoms with Crippen molar-refractivity contribution in [2.75, 3.05) is 32.8 Å². The smallest absolute Gasteiger partial charge is 0.247 e. The molecule has 3 N–H and O–H groups in total. The first-order chi connectivity index (χ1) is 11.6. The summed E-state index contributed by atoms with van der Waals surface area (Å²) in [5.41, 5.74) is 5.27. The van der Waals surface area contributed by atoms with Crippen molar-refractivity contribution < 1.29 is 19.4 Å². The molecule has 1 aliphatic rings. The summed E-state index contributed by atoms with van der Waals surface area (Å²) in [7, 11) is 0. The van der Waals surface area contributed by atoms with Crippen molar-refractivity contribution in [2.45, 2.75) is 12.2 Å². The van der Waals surface area contributed by atoms with E-state index < -0.39 is 18.1 Å². The number of hydrogen-bond donors (Lipinski definition) is 2. The largest absolute Gasteiger partial charge is 0.490 e. The third-order valence-electron chi connectivity index (χ3n) is 4.12. The summed E-state index contributed by atoms with van der Waals surface area (Å²) in [6.07, 6.45) is -1.26. The predicted molar refractivity (Wildman–Crippen MR) is 90.8 cm³/mol. The summed E-state index contributed by atoms with van der Waals surface area (Å²) in [4.78, 5) is 13.2. The molecule has 1 fully saturated rings. The molecular weight excluding hydrogens is 308 g/mol. The van der Waals surface area contributed by atoms with Crippen molar-refractivity contribution in [3.63, 3.8) is 0 Å². The van der Waals surface area contributed by atoms with Crippen molar-refractivity contribution in [2.24, 2.45) is 5.73 Å². The van der Waals surface area contributed by atoms with Gasteiger partial charge >= 0.3 is 0 Å². The van der Waals surface area contributed by atoms with Crippen LogP contribution in [-0.2, 0) is 9.53 Å². The van der Waals surface area contributed by atoms with E-state index in [0.717, 1.165) is 16.5 Å². The van der Waals surface area contributed by atoms with E-state index in [1.807, 2.05) is 47.4 Å². The van der Waals surface area contributed by atoms with E-state index >= 15 is 0 Å². The molecule has 2 atom stereocenters. The van der Waals surface area contributed by atoms with Crippen molar-refractivity contribution in [3.8, 4) is 5.75 Å². The SMILES string of the molecule is NC(=O)[C@H]1CN(C[C@H](O)COc2cccc3ccccc23)CCO1. The Balaban J connectivity index is 1.55. The minimum atomic E-state index is -0.657. The fourth-order valence-electron chi connectivity index (χ4n) is 2.90. The van der Waals surface area contributed by atoms with Crippen molar-refractivity contribution in [1.29, 1.82) is 0 Å². The number of amides is 1. The van der Waals surface area contributed by atoms with Crippen LogP contribution in [0.4, 0.5) is 0 Å². The highest BCUT2D eigenvalue weighted by Gasteiger charge is 2.26. The number of rotatable bonds is 6. The van der Waals surface area contributed by atoms with Gasteiger partial charge < -0.3 is 20.3 Å². The number of β-amino-alcohol motifs (C(OH)–C–C–N with tert-alkyl or cyclic N) is 1. The van der Waals surface area contributed by atoms with Gasteiger partial charge in [-0.2, -0.15) is 0 Å². The Kier molecular flexibility index (Phi) is 5.30. The van der Waals surface area contributed by atoms with Crippen LogP contribution in [0.25, 0.3) is 10.8 Å². The molecule has 6 heteroatoms. The number of morpholine rings is 1. The Morgan fingerprint density at radius 3 is 2.96 bits per heavy atom. The number of primary amides is 1. The van der Waals surface area contributed by atoms with Crippen LogP contribution in [-0.4, -0.2) is 61.0 Å². The van der Waals surface area contributed by atoms with Gasteiger partial charge in [0, 0.05) is 25.0 Å². The summed E-state index contributed by atoms with van der Waals surface area (Å²) < 4.78 is 11.1. The van der Waals surface area contributed by atoms with E-state index in [9.17, 15) is 9.90 Å². The predicted octanol–water partition coefficient (Wildman–Crippen LogP) is 0.766. The average Bonchev–Trinajstić information content (AvgIpc) is 2.60. The maximum absolute atomic E-state index is 11.2. The molecule has 1 heterocycles. The Morgan fingerprint density at radius 2 is 2.12 bits per heavy atom. The number of nitrogens with zero attached hydrogens (tertiary/aromatic N) is 1. The van der Waals surface area contributed by atoms with Gasteiger partial charge in [0.25, 0.3) is 0 Å². The van der Waals surface area contributed by atoms with Crippen LogP contribution in [0.15, 0.2) is 42.5 Å². The zero-order valence-corrected chi connectivity index (χ0v) is 13.4. The second kappa shape index (κ2) is 7.61. The second-order valence-electron chi connectivity index (χ2n) is 5.96. The number of fused-ring (bicyclic) bond motifs is 1. The van der Waals surface area contributed by atoms with Crippen LogP contribution in [0, 0.1) is 0 Å². The van der Waals surface area contributed by atoms with Crippen LogP contribution in [0.1, 0.15) is 0 Å². The van der Waals surface area contributed by atoms with Crippen LogP contribution in [0.2, 0.25) is 0 Å². The van der Waals surface area contributed by atoms with Crippen LogP contribution in [0.3, 0.4) is 0 Å². The number of benzene rings is 2. The molecule has 6 nitrogen and oxygen atoms in total. The van der Waals surface area contributed by atoms with Gasteiger partial charge in [0.2, 0.25) is 5.91 Å². The van der Waals surface area contributed by atoms with E-state index in [1.165, 1.54) is 0 Å². The van der Waals surface area contributed by atoms with Crippen molar-refractivity contribution in [1.82, 2.24) is 4.90 Å². The fourth-order valence-corrected chi connectivity index (χ4v) is 2.90. The maximum Gasteiger partial charge on any atom is 0.247 e. The standard InChI is InChI=1S/C18H22N2O4/c19-18(22)17-11-20(8-9-23-17)10-14(21)12-24-16-7-3-5-13-4-1-2-6-15(13)16/h1-7,14,17,21H,8-12H2,(H2,19,22)/t14-,17+/m0/s1. The van der Waals surface area contributed by atoms with Crippen LogP contribution >= 0.6 is 0 Å². The van der Waals surface area contributed by atoms with Gasteiger partial charge in [0.15, 0.2) is 0 Å². The molecule has 0 radical (unpaired) electrons. The fraction of sp³-hybridized carbons (Fsp3) is 0.389. The zero-order valence-electron chi connectivity index (χ0n) is 13.4. The van der Waals surface area contributed by atoms with Gasteiger partial charge in [-0.05, 0) is 11.5 Å². The number of nitrogens with two attached hydrogens (primary N) is 1. The molecule has 0 spiro atoms. The Hall–Kier alpha value is -2.15. The van der Waals surface area contributed by atoms with Gasteiger partial charge in [-0.25, -0.2) is 0 Å². The monoisotopic (exact) mass is 330 g/mol. The van der Waals surface area contributed by atoms with Gasteiger partial charge in [-0.15, -0.1) is 0 Å². The first kappa shape index (κ1) is 16.7. The minimum absolute atomic E-state index is 0.187. The highest BCUT2D eigenvalue weighted by atomic mass is 16.5. The topological polar surface area (TPSA) is 85.0 Å². The number of hydrogen-bond acceptors (Lipinski definition) is 5. The Bertz CT molecular complexity index is 701. The lowest BCUT2D eigenvalue weighted by atomic mass is 10.1. The highest BCUT2D eigenvalue weighted by molar-refractivity contribution is 5.88. The van der Waals surface area contributed by atoms with Gasteiger partial charge in [-0.1, -0.05) is 36.4 Å². The molecular formula is C18H22N2O4. The van der Waals surface area contributed by atoms with Crippen LogP contribution < -0.4 is 10.5 Å². The lowest BCUT2D eigenvalue weighted by molar-refractivity contribution is -0.136. The Labute approximate surface area is 140 Å². The van der Waals surface area contributed by atoms with E-state index in [0.29, 0.717) is 26.2 Å². The van der Waals surface area contributed by atoms with Gasteiger partial charge in [0.05, 0.1) is 6.61 Å². The van der Waals surface area contributed by atoms with E-state index in [1.54, 1.807) is 0 Å². The molecule has 24 heavy (non-hydrogen) atoms. The summed E-state index contributed by atoms with van der Waals surface area (Å²) in [6, 6.07) is 13.8.